The first-order chi connectivity index (χ1) is 18.9. The summed E-state index contributed by atoms with van der Waals surface area (Å²) in [6, 6.07) is 15.0. The third kappa shape index (κ3) is 5.09. The van der Waals surface area contributed by atoms with Crippen molar-refractivity contribution in [2.75, 3.05) is 39.5 Å². The monoisotopic (exact) mass is 533 g/mol. The van der Waals surface area contributed by atoms with E-state index in [1.807, 2.05) is 42.5 Å². The Kier molecular flexibility index (Phi) is 6.74. The number of para-hydroxylation sites is 2. The Morgan fingerprint density at radius 3 is 2.72 bits per heavy atom. The molecule has 0 radical (unpaired) electrons. The van der Waals surface area contributed by atoms with Crippen molar-refractivity contribution in [2.45, 2.75) is 38.2 Å². The van der Waals surface area contributed by atoms with Gasteiger partial charge in [-0.1, -0.05) is 12.1 Å². The summed E-state index contributed by atoms with van der Waals surface area (Å²) in [5.74, 6) is 1.86. The number of fused-ring (bicyclic) bond motifs is 4. The number of ether oxygens (including phenoxy) is 5. The molecule has 1 fully saturated rings. The zero-order valence-electron chi connectivity index (χ0n) is 22.0. The Bertz CT molecular complexity index is 1430. The van der Waals surface area contributed by atoms with Crippen LogP contribution in [0.4, 0.5) is 0 Å². The zero-order chi connectivity index (χ0) is 27.0. The quantitative estimate of drug-likeness (QED) is 0.477. The van der Waals surface area contributed by atoms with E-state index in [-0.39, 0.29) is 24.3 Å². The van der Waals surface area contributed by atoms with Gasteiger partial charge < -0.3 is 28.6 Å². The summed E-state index contributed by atoms with van der Waals surface area (Å²) in [6.45, 7) is 6.29. The van der Waals surface area contributed by atoms with E-state index in [0.29, 0.717) is 62.3 Å². The molecular formula is C29H31N3O7. The molecule has 2 aromatic carbocycles. The van der Waals surface area contributed by atoms with Crippen LogP contribution >= 0.6 is 0 Å². The number of carbonyl (C=O) groups excluding carboxylic acids is 1. The standard InChI is InChI=1S/C29H31N3O7/c1-29(2,27(33)31-11-13-35-14-12-31)39-20-7-8-22-19(15-20)16-26(32-23(22)9-10-30-28(32)34)37-18-21-17-36-24-5-3-4-6-25(24)38-21/h3-10,15,21,26H,11-14,16-18H2,1-2H3. The van der Waals surface area contributed by atoms with Gasteiger partial charge in [0.1, 0.15) is 18.6 Å². The molecule has 0 aliphatic carbocycles. The van der Waals surface area contributed by atoms with Crippen molar-refractivity contribution in [2.24, 2.45) is 0 Å². The van der Waals surface area contributed by atoms with Crippen molar-refractivity contribution in [3.05, 3.63) is 70.8 Å². The van der Waals surface area contributed by atoms with Gasteiger partial charge in [0.05, 0.1) is 25.5 Å². The van der Waals surface area contributed by atoms with Gasteiger partial charge in [0.2, 0.25) is 0 Å². The van der Waals surface area contributed by atoms with E-state index >= 15 is 0 Å². The lowest BCUT2D eigenvalue weighted by Gasteiger charge is -2.35. The van der Waals surface area contributed by atoms with E-state index < -0.39 is 11.8 Å². The number of hydrogen-bond acceptors (Lipinski definition) is 8. The van der Waals surface area contributed by atoms with Crippen molar-refractivity contribution in [3.63, 3.8) is 0 Å². The molecular weight excluding hydrogens is 502 g/mol. The van der Waals surface area contributed by atoms with Gasteiger partial charge in [-0.2, -0.15) is 0 Å². The van der Waals surface area contributed by atoms with Gasteiger partial charge in [-0.25, -0.2) is 9.78 Å². The van der Waals surface area contributed by atoms with Crippen LogP contribution in [0, 0.1) is 0 Å². The van der Waals surface area contributed by atoms with Crippen LogP contribution in [0.15, 0.2) is 59.5 Å². The first-order valence-electron chi connectivity index (χ1n) is 13.2. The minimum absolute atomic E-state index is 0.0797. The molecule has 0 spiro atoms. The van der Waals surface area contributed by atoms with Crippen LogP contribution in [0.25, 0.3) is 11.3 Å². The fourth-order valence-corrected chi connectivity index (χ4v) is 5.23. The molecule has 4 heterocycles. The largest absolute Gasteiger partial charge is 0.486 e. The van der Waals surface area contributed by atoms with E-state index in [0.717, 1.165) is 11.1 Å². The Balaban J connectivity index is 1.21. The molecule has 3 aliphatic rings. The van der Waals surface area contributed by atoms with E-state index in [1.54, 1.807) is 29.4 Å². The number of rotatable bonds is 6. The number of morpholine rings is 1. The predicted molar refractivity (Wildman–Crippen MR) is 141 cm³/mol. The number of carbonyl (C=O) groups is 1. The Morgan fingerprint density at radius 1 is 1.10 bits per heavy atom. The molecule has 1 saturated heterocycles. The van der Waals surface area contributed by atoms with Crippen LogP contribution in [-0.2, 0) is 20.7 Å². The molecule has 1 amide bonds. The smallest absolute Gasteiger partial charge is 0.350 e. The van der Waals surface area contributed by atoms with Crippen LogP contribution in [0.1, 0.15) is 25.6 Å². The molecule has 10 heteroatoms. The fourth-order valence-electron chi connectivity index (χ4n) is 5.23. The number of benzene rings is 2. The van der Waals surface area contributed by atoms with Crippen LogP contribution in [0.3, 0.4) is 0 Å². The Hall–Kier alpha value is -3.89. The van der Waals surface area contributed by atoms with Crippen molar-refractivity contribution < 1.29 is 28.5 Å². The molecule has 204 valence electrons. The maximum absolute atomic E-state index is 13.1. The second kappa shape index (κ2) is 10.3. The molecule has 10 nitrogen and oxygen atoms in total. The molecule has 2 atom stereocenters. The minimum Gasteiger partial charge on any atom is -0.486 e. The summed E-state index contributed by atoms with van der Waals surface area (Å²) >= 11 is 0. The second-order valence-corrected chi connectivity index (χ2v) is 10.3. The van der Waals surface area contributed by atoms with Crippen molar-refractivity contribution >= 4 is 5.91 Å². The number of aromatic nitrogens is 2. The number of hydrogen-bond donors (Lipinski definition) is 0. The average molecular weight is 534 g/mol. The minimum atomic E-state index is -1.05. The summed E-state index contributed by atoms with van der Waals surface area (Å²) in [5.41, 5.74) is 1.12. The SMILES string of the molecule is CC(C)(Oc1ccc2c(c1)CC(OCC1COc3ccccc3O1)n1c-2ccnc1=O)C(=O)N1CCOCC1. The van der Waals surface area contributed by atoms with E-state index in [2.05, 4.69) is 4.98 Å². The van der Waals surface area contributed by atoms with Gasteiger partial charge in [-0.3, -0.25) is 9.36 Å². The number of nitrogens with zero attached hydrogens (tertiary/aromatic N) is 3. The summed E-state index contributed by atoms with van der Waals surface area (Å²) < 4.78 is 31.3. The second-order valence-electron chi connectivity index (χ2n) is 10.3. The predicted octanol–water partition coefficient (Wildman–Crippen LogP) is 2.84. The van der Waals surface area contributed by atoms with Gasteiger partial charge in [-0.15, -0.1) is 0 Å². The summed E-state index contributed by atoms with van der Waals surface area (Å²) in [7, 11) is 0. The van der Waals surface area contributed by atoms with Crippen LogP contribution in [-0.4, -0.2) is 71.6 Å². The lowest BCUT2D eigenvalue weighted by Crippen LogP contribution is -2.52. The van der Waals surface area contributed by atoms with Crippen LogP contribution in [0.5, 0.6) is 17.2 Å². The molecule has 0 saturated carbocycles. The fraction of sp³-hybridized carbons (Fsp3) is 0.414. The Morgan fingerprint density at radius 2 is 1.90 bits per heavy atom. The zero-order valence-corrected chi connectivity index (χ0v) is 22.0. The van der Waals surface area contributed by atoms with E-state index in [1.165, 1.54) is 6.20 Å². The maximum Gasteiger partial charge on any atom is 0.350 e. The normalized spacial score (nSPS) is 20.1. The highest BCUT2D eigenvalue weighted by Gasteiger charge is 2.36. The molecule has 3 aromatic rings. The van der Waals surface area contributed by atoms with Gasteiger partial charge >= 0.3 is 5.69 Å². The van der Waals surface area contributed by atoms with Crippen molar-refractivity contribution in [1.29, 1.82) is 0 Å². The summed E-state index contributed by atoms with van der Waals surface area (Å²) in [5, 5.41) is 0. The van der Waals surface area contributed by atoms with E-state index in [4.69, 9.17) is 23.7 Å². The molecule has 0 bridgehead atoms. The molecule has 3 aliphatic heterocycles. The van der Waals surface area contributed by atoms with Crippen LogP contribution < -0.4 is 19.9 Å². The molecule has 6 rings (SSSR count). The van der Waals surface area contributed by atoms with Crippen molar-refractivity contribution in [3.8, 4) is 28.5 Å². The third-order valence-electron chi connectivity index (χ3n) is 7.15. The third-order valence-corrected chi connectivity index (χ3v) is 7.15. The van der Waals surface area contributed by atoms with Gasteiger partial charge in [0.15, 0.2) is 23.2 Å². The lowest BCUT2D eigenvalue weighted by atomic mass is 9.96. The summed E-state index contributed by atoms with van der Waals surface area (Å²) in [4.78, 5) is 31.7. The number of amides is 1. The maximum atomic E-state index is 13.1. The highest BCUT2D eigenvalue weighted by atomic mass is 16.6. The summed E-state index contributed by atoms with van der Waals surface area (Å²) in [6.07, 6.45) is 1.02. The molecule has 1 aromatic heterocycles. The molecule has 0 N–H and O–H groups in total. The van der Waals surface area contributed by atoms with Gasteiger partial charge in [-0.05, 0) is 55.8 Å². The average Bonchev–Trinajstić information content (AvgIpc) is 2.95. The first-order valence-corrected chi connectivity index (χ1v) is 13.2. The molecule has 2 unspecified atom stereocenters. The Labute approximate surface area is 226 Å². The highest BCUT2D eigenvalue weighted by molar-refractivity contribution is 5.85. The first kappa shape index (κ1) is 25.4. The molecule has 39 heavy (non-hydrogen) atoms. The van der Waals surface area contributed by atoms with Crippen molar-refractivity contribution in [1.82, 2.24) is 14.5 Å². The van der Waals surface area contributed by atoms with Crippen LogP contribution in [0.2, 0.25) is 0 Å². The van der Waals surface area contributed by atoms with E-state index in [9.17, 15) is 9.59 Å². The topological polar surface area (TPSA) is 101 Å². The van der Waals surface area contributed by atoms with Gasteiger partial charge in [0.25, 0.3) is 5.91 Å². The highest BCUT2D eigenvalue weighted by Crippen LogP contribution is 2.37. The van der Waals surface area contributed by atoms with Gasteiger partial charge in [0, 0.05) is 31.3 Å². The lowest BCUT2D eigenvalue weighted by molar-refractivity contribution is -0.149.